The molecule has 1 aromatic heterocycles. The van der Waals surface area contributed by atoms with Crippen molar-refractivity contribution in [2.75, 3.05) is 11.5 Å². The minimum absolute atomic E-state index is 0.215. The van der Waals surface area contributed by atoms with Crippen molar-refractivity contribution >= 4 is 41.8 Å². The number of fused-ring (bicyclic) bond motifs is 1. The van der Waals surface area contributed by atoms with E-state index in [0.717, 1.165) is 16.7 Å². The number of amides is 2. The van der Waals surface area contributed by atoms with Crippen LogP contribution in [0.5, 0.6) is 0 Å². The summed E-state index contributed by atoms with van der Waals surface area (Å²) in [6, 6.07) is 18.3. The fraction of sp³-hybridized carbons (Fsp3) is 0.250. The van der Waals surface area contributed by atoms with Gasteiger partial charge in [-0.3, -0.25) is 14.5 Å². The number of carbonyl (C=O) groups is 3. The first-order chi connectivity index (χ1) is 17.6. The van der Waals surface area contributed by atoms with E-state index in [1.165, 1.54) is 28.4 Å². The van der Waals surface area contributed by atoms with E-state index in [0.29, 0.717) is 23.1 Å². The van der Waals surface area contributed by atoms with Crippen molar-refractivity contribution in [3.05, 3.63) is 83.1 Å². The molecule has 2 aliphatic heterocycles. The fourth-order valence-corrected chi connectivity index (χ4v) is 6.46. The van der Waals surface area contributed by atoms with Crippen molar-refractivity contribution in [3.8, 4) is 0 Å². The van der Waals surface area contributed by atoms with E-state index in [1.807, 2.05) is 60.7 Å². The standard InChI is InChI=1S/C24H22N6O4S2/c1-29-24(26-27-28-29)36-13-17-12-35-22-18(25-14-31)21(32)30(22)19(17)23(33)34-20(15-8-4-2-5-9-15)16-10-6-3-7-11-16/h2-11,14,18,20,22H,12-13H2,1H3,(H,25,31)/t18-,22-/m1/s1. The number of hydrogen-bond acceptors (Lipinski definition) is 9. The summed E-state index contributed by atoms with van der Waals surface area (Å²) in [5.74, 6) is -0.0437. The second-order valence-corrected chi connectivity index (χ2v) is 10.2. The number of ether oxygens (including phenoxy) is 1. The Morgan fingerprint density at radius 1 is 1.19 bits per heavy atom. The second-order valence-electron chi connectivity index (χ2n) is 8.10. The van der Waals surface area contributed by atoms with Gasteiger partial charge in [0.05, 0.1) is 0 Å². The summed E-state index contributed by atoms with van der Waals surface area (Å²) >= 11 is 2.86. The lowest BCUT2D eigenvalue weighted by molar-refractivity contribution is -0.154. The first-order valence-electron chi connectivity index (χ1n) is 11.1. The molecule has 5 rings (SSSR count). The zero-order valence-corrected chi connectivity index (χ0v) is 20.8. The number of rotatable bonds is 9. The third-order valence-corrected chi connectivity index (χ3v) is 8.31. The smallest absolute Gasteiger partial charge is 0.356 e. The Labute approximate surface area is 215 Å². The van der Waals surface area contributed by atoms with E-state index in [4.69, 9.17) is 4.74 Å². The van der Waals surface area contributed by atoms with Gasteiger partial charge < -0.3 is 10.1 Å². The van der Waals surface area contributed by atoms with E-state index < -0.39 is 18.1 Å². The molecular formula is C24H22N6O4S2. The highest BCUT2D eigenvalue weighted by Gasteiger charge is 2.54. The Morgan fingerprint density at radius 3 is 2.44 bits per heavy atom. The number of nitrogens with zero attached hydrogens (tertiary/aromatic N) is 5. The maximum Gasteiger partial charge on any atom is 0.356 e. The Balaban J connectivity index is 1.48. The summed E-state index contributed by atoms with van der Waals surface area (Å²) in [5, 5.41) is 14.2. The molecule has 0 saturated carbocycles. The van der Waals surface area contributed by atoms with E-state index in [-0.39, 0.29) is 17.0 Å². The van der Waals surface area contributed by atoms with Crippen LogP contribution in [0, 0.1) is 0 Å². The van der Waals surface area contributed by atoms with Gasteiger partial charge in [-0.15, -0.1) is 16.9 Å². The molecule has 0 radical (unpaired) electrons. The maximum absolute atomic E-state index is 13.8. The van der Waals surface area contributed by atoms with E-state index in [2.05, 4.69) is 20.8 Å². The van der Waals surface area contributed by atoms with Crippen molar-refractivity contribution in [2.45, 2.75) is 22.7 Å². The van der Waals surface area contributed by atoms with Gasteiger partial charge in [-0.25, -0.2) is 9.48 Å². The molecule has 0 unspecified atom stereocenters. The van der Waals surface area contributed by atoms with Crippen LogP contribution in [0.25, 0.3) is 0 Å². The summed E-state index contributed by atoms with van der Waals surface area (Å²) < 4.78 is 7.65. The lowest BCUT2D eigenvalue weighted by Gasteiger charge is -2.49. The number of tetrazole rings is 1. The van der Waals surface area contributed by atoms with Gasteiger partial charge in [-0.05, 0) is 27.1 Å². The topological polar surface area (TPSA) is 119 Å². The highest BCUT2D eigenvalue weighted by molar-refractivity contribution is 8.01. The number of aromatic nitrogens is 4. The van der Waals surface area contributed by atoms with Gasteiger partial charge in [0.1, 0.15) is 17.1 Å². The maximum atomic E-state index is 13.8. The van der Waals surface area contributed by atoms with Crippen LogP contribution < -0.4 is 5.32 Å². The summed E-state index contributed by atoms with van der Waals surface area (Å²) in [7, 11) is 1.73. The number of esters is 1. The van der Waals surface area contributed by atoms with Crippen LogP contribution in [0.15, 0.2) is 77.1 Å². The molecule has 2 aliphatic rings. The van der Waals surface area contributed by atoms with Crippen LogP contribution in [0.3, 0.4) is 0 Å². The number of carbonyl (C=O) groups excluding carboxylic acids is 3. The molecule has 0 aliphatic carbocycles. The van der Waals surface area contributed by atoms with Gasteiger partial charge in [0.25, 0.3) is 5.91 Å². The molecule has 184 valence electrons. The van der Waals surface area contributed by atoms with Crippen molar-refractivity contribution in [3.63, 3.8) is 0 Å². The highest BCUT2D eigenvalue weighted by Crippen LogP contribution is 2.42. The third-order valence-electron chi connectivity index (χ3n) is 5.87. The zero-order chi connectivity index (χ0) is 25.1. The summed E-state index contributed by atoms with van der Waals surface area (Å²) in [4.78, 5) is 39.2. The van der Waals surface area contributed by atoms with Gasteiger partial charge in [-0.1, -0.05) is 72.4 Å². The molecule has 0 bridgehead atoms. The SMILES string of the molecule is Cn1nnnc1SCC1=C(C(=O)OC(c2ccccc2)c2ccccc2)N2C(=O)[C@@H](NC=O)[C@H]2SC1. The minimum Gasteiger partial charge on any atom is -0.448 e. The summed E-state index contributed by atoms with van der Waals surface area (Å²) in [6.45, 7) is 0. The van der Waals surface area contributed by atoms with E-state index in [9.17, 15) is 14.4 Å². The predicted molar refractivity (Wildman–Crippen MR) is 133 cm³/mol. The van der Waals surface area contributed by atoms with E-state index in [1.54, 1.807) is 11.7 Å². The average molecular weight is 523 g/mol. The number of nitrogens with one attached hydrogen (secondary N) is 1. The molecule has 1 saturated heterocycles. The predicted octanol–water partition coefficient (Wildman–Crippen LogP) is 1.92. The molecule has 2 aromatic carbocycles. The van der Waals surface area contributed by atoms with Gasteiger partial charge in [0.15, 0.2) is 6.10 Å². The zero-order valence-electron chi connectivity index (χ0n) is 19.2. The van der Waals surface area contributed by atoms with Crippen molar-refractivity contribution in [1.29, 1.82) is 0 Å². The van der Waals surface area contributed by atoms with Crippen molar-refractivity contribution < 1.29 is 19.1 Å². The van der Waals surface area contributed by atoms with Gasteiger partial charge in [0, 0.05) is 18.6 Å². The molecule has 1 N–H and O–H groups in total. The third kappa shape index (κ3) is 4.61. The Bertz CT molecular complexity index is 1260. The summed E-state index contributed by atoms with van der Waals surface area (Å²) in [6.07, 6.45) is -0.146. The van der Waals surface area contributed by atoms with E-state index >= 15 is 0 Å². The number of β-lactam (4-membered cyclic amide) rings is 1. The second kappa shape index (κ2) is 10.5. The molecule has 0 spiro atoms. The number of thioether (sulfide) groups is 2. The fourth-order valence-electron chi connectivity index (χ4n) is 4.12. The van der Waals surface area contributed by atoms with Crippen LogP contribution in [-0.4, -0.2) is 66.3 Å². The van der Waals surface area contributed by atoms with Crippen LogP contribution in [0.1, 0.15) is 17.2 Å². The number of benzene rings is 2. The van der Waals surface area contributed by atoms with Gasteiger partial charge in [-0.2, -0.15) is 0 Å². The highest BCUT2D eigenvalue weighted by atomic mass is 32.2. The van der Waals surface area contributed by atoms with Crippen LogP contribution in [-0.2, 0) is 26.2 Å². The summed E-state index contributed by atoms with van der Waals surface area (Å²) in [5.41, 5.74) is 2.59. The molecule has 3 aromatic rings. The van der Waals surface area contributed by atoms with Gasteiger partial charge >= 0.3 is 5.97 Å². The molecule has 12 heteroatoms. The van der Waals surface area contributed by atoms with Crippen LogP contribution in [0.2, 0.25) is 0 Å². The molecular weight excluding hydrogens is 500 g/mol. The van der Waals surface area contributed by atoms with Crippen molar-refractivity contribution in [2.24, 2.45) is 7.05 Å². The quantitative estimate of drug-likeness (QED) is 0.195. The molecule has 1 fully saturated rings. The van der Waals surface area contributed by atoms with Crippen molar-refractivity contribution in [1.82, 2.24) is 30.4 Å². The molecule has 3 heterocycles. The van der Waals surface area contributed by atoms with Crippen LogP contribution >= 0.6 is 23.5 Å². The Kier molecular flexibility index (Phi) is 7.05. The lowest BCUT2D eigenvalue weighted by Crippen LogP contribution is -2.69. The molecule has 2 amide bonds. The number of hydrogen-bond donors (Lipinski definition) is 1. The molecule has 2 atom stereocenters. The Hall–Kier alpha value is -3.64. The normalized spacial score (nSPS) is 19.1. The minimum atomic E-state index is -0.675. The van der Waals surface area contributed by atoms with Gasteiger partial charge in [0.2, 0.25) is 11.6 Å². The molecule has 36 heavy (non-hydrogen) atoms. The Morgan fingerprint density at radius 2 is 1.86 bits per heavy atom. The average Bonchev–Trinajstić information content (AvgIpc) is 3.33. The lowest BCUT2D eigenvalue weighted by atomic mass is 10.0. The molecule has 10 nitrogen and oxygen atoms in total. The van der Waals surface area contributed by atoms with Crippen LogP contribution in [0.4, 0.5) is 0 Å². The monoisotopic (exact) mass is 522 g/mol. The largest absolute Gasteiger partial charge is 0.448 e. The first-order valence-corrected chi connectivity index (χ1v) is 13.1. The number of aryl methyl sites for hydroxylation is 1. The first kappa shape index (κ1) is 24.1.